The average molecular weight is 173 g/mol. The van der Waals surface area contributed by atoms with Gasteiger partial charge in [-0.15, -0.1) is 0 Å². The van der Waals surface area contributed by atoms with Crippen LogP contribution in [0.4, 0.5) is 4.79 Å². The third kappa shape index (κ3) is 4.32. The Kier molecular flexibility index (Phi) is 4.52. The summed E-state index contributed by atoms with van der Waals surface area (Å²) in [6, 6.07) is 0. The molecular formula is C7H11NO4. The van der Waals surface area contributed by atoms with E-state index in [-0.39, 0.29) is 0 Å². The molecule has 0 heterocycles. The van der Waals surface area contributed by atoms with Crippen molar-refractivity contribution in [1.29, 1.82) is 0 Å². The first-order valence-corrected chi connectivity index (χ1v) is 3.43. The number of nitrogens with two attached hydrogens (primary N) is 1. The highest BCUT2D eigenvalue weighted by atomic mass is 17.2. The molecule has 1 amide bonds. The molecule has 0 saturated heterocycles. The van der Waals surface area contributed by atoms with Gasteiger partial charge in [-0.2, -0.15) is 0 Å². The molecule has 0 unspecified atom stereocenters. The van der Waals surface area contributed by atoms with Crippen LogP contribution in [-0.2, 0) is 14.6 Å². The van der Waals surface area contributed by atoms with Gasteiger partial charge in [-0.05, 0) is 13.3 Å². The number of amides is 1. The summed E-state index contributed by atoms with van der Waals surface area (Å²) < 4.78 is 0. The van der Waals surface area contributed by atoms with Crippen LogP contribution in [0, 0.1) is 0 Å². The van der Waals surface area contributed by atoms with Crippen molar-refractivity contribution in [3.8, 4) is 0 Å². The van der Waals surface area contributed by atoms with Gasteiger partial charge >= 0.3 is 12.1 Å². The fourth-order valence-electron chi connectivity index (χ4n) is 0.534. The van der Waals surface area contributed by atoms with Crippen LogP contribution in [0.15, 0.2) is 11.6 Å². The molecule has 0 aliphatic heterocycles. The Labute approximate surface area is 70.1 Å². The molecular weight excluding hydrogens is 162 g/mol. The smallest absolute Gasteiger partial charge is 0.332 e. The maximum atomic E-state index is 10.8. The Balaban J connectivity index is 3.88. The van der Waals surface area contributed by atoms with Gasteiger partial charge in [-0.1, -0.05) is 13.0 Å². The summed E-state index contributed by atoms with van der Waals surface area (Å²) in [5.41, 5.74) is 4.93. The van der Waals surface area contributed by atoms with Crippen LogP contribution in [0.2, 0.25) is 0 Å². The van der Waals surface area contributed by atoms with Crippen molar-refractivity contribution < 1.29 is 19.4 Å². The molecule has 5 heteroatoms. The summed E-state index contributed by atoms with van der Waals surface area (Å²) in [4.78, 5) is 28.7. The third-order valence-electron chi connectivity index (χ3n) is 1.03. The fourth-order valence-corrected chi connectivity index (χ4v) is 0.534. The van der Waals surface area contributed by atoms with Crippen molar-refractivity contribution in [3.63, 3.8) is 0 Å². The highest BCUT2D eigenvalue weighted by Crippen LogP contribution is 1.98. The highest BCUT2D eigenvalue weighted by molar-refractivity contribution is 5.87. The van der Waals surface area contributed by atoms with Crippen molar-refractivity contribution in [3.05, 3.63) is 11.6 Å². The number of carbonyl (C=O) groups is 2. The molecule has 68 valence electrons. The molecule has 0 aromatic heterocycles. The van der Waals surface area contributed by atoms with Gasteiger partial charge in [0, 0.05) is 5.57 Å². The van der Waals surface area contributed by atoms with Crippen LogP contribution in [0.3, 0.4) is 0 Å². The number of hydrogen-bond acceptors (Lipinski definition) is 4. The zero-order valence-corrected chi connectivity index (χ0v) is 6.99. The minimum absolute atomic E-state index is 0.374. The van der Waals surface area contributed by atoms with E-state index in [0.29, 0.717) is 12.0 Å². The van der Waals surface area contributed by atoms with E-state index < -0.39 is 12.1 Å². The first-order valence-electron chi connectivity index (χ1n) is 3.43. The molecule has 5 nitrogen and oxygen atoms in total. The Morgan fingerprint density at radius 3 is 2.42 bits per heavy atom. The molecule has 0 aromatic rings. The molecule has 0 rings (SSSR count). The molecule has 0 fully saturated rings. The summed E-state index contributed by atoms with van der Waals surface area (Å²) >= 11 is 0. The lowest BCUT2D eigenvalue weighted by Crippen LogP contribution is -2.17. The van der Waals surface area contributed by atoms with Gasteiger partial charge in [-0.25, -0.2) is 19.4 Å². The Morgan fingerprint density at radius 2 is 2.00 bits per heavy atom. The standard InChI is InChI=1S/C7H11NO4/c1-3-4-5(2)6(9)11-12-7(8)10/h4H,3H2,1-2H3,(H2,8,10). The van der Waals surface area contributed by atoms with Crippen molar-refractivity contribution >= 4 is 12.1 Å². The molecule has 0 saturated carbocycles. The van der Waals surface area contributed by atoms with Crippen LogP contribution < -0.4 is 5.73 Å². The molecule has 0 atom stereocenters. The second-order valence-electron chi connectivity index (χ2n) is 2.07. The molecule has 12 heavy (non-hydrogen) atoms. The van der Waals surface area contributed by atoms with Crippen LogP contribution >= 0.6 is 0 Å². The van der Waals surface area contributed by atoms with Gasteiger partial charge in [0.25, 0.3) is 0 Å². The molecule has 0 bridgehead atoms. The summed E-state index contributed by atoms with van der Waals surface area (Å²) in [6.45, 7) is 3.42. The van der Waals surface area contributed by atoms with E-state index in [1.54, 1.807) is 13.0 Å². The lowest BCUT2D eigenvalue weighted by Gasteiger charge is -1.99. The number of carbonyl (C=O) groups excluding carboxylic acids is 2. The number of primary amides is 1. The van der Waals surface area contributed by atoms with Crippen molar-refractivity contribution in [2.45, 2.75) is 20.3 Å². The predicted octanol–water partition coefficient (Wildman–Crippen LogP) is 0.896. The number of rotatable bonds is 2. The highest BCUT2D eigenvalue weighted by Gasteiger charge is 2.07. The maximum Gasteiger partial charge on any atom is 0.447 e. The van der Waals surface area contributed by atoms with Gasteiger partial charge in [0.1, 0.15) is 0 Å². The number of allylic oxidation sites excluding steroid dienone is 1. The summed E-state index contributed by atoms with van der Waals surface area (Å²) in [6.07, 6.45) is 1.21. The lowest BCUT2D eigenvalue weighted by molar-refractivity contribution is -0.225. The Hall–Kier alpha value is -1.52. The fraction of sp³-hybridized carbons (Fsp3) is 0.429. The second kappa shape index (κ2) is 5.17. The molecule has 0 radical (unpaired) electrons. The van der Waals surface area contributed by atoms with E-state index in [9.17, 15) is 9.59 Å². The van der Waals surface area contributed by atoms with E-state index in [1.165, 1.54) is 0 Å². The van der Waals surface area contributed by atoms with Gasteiger partial charge < -0.3 is 5.73 Å². The second-order valence-corrected chi connectivity index (χ2v) is 2.07. The van der Waals surface area contributed by atoms with Crippen LogP contribution in [0.25, 0.3) is 0 Å². The van der Waals surface area contributed by atoms with E-state index >= 15 is 0 Å². The zero-order valence-electron chi connectivity index (χ0n) is 6.99. The molecule has 0 spiro atoms. The molecule has 0 aromatic carbocycles. The average Bonchev–Trinajstić information content (AvgIpc) is 2.00. The molecule has 2 N–H and O–H groups in total. The quantitative estimate of drug-likeness (QED) is 0.382. The Bertz CT molecular complexity index is 209. The van der Waals surface area contributed by atoms with Crippen molar-refractivity contribution in [2.24, 2.45) is 5.73 Å². The van der Waals surface area contributed by atoms with Gasteiger partial charge in [0.15, 0.2) is 0 Å². The maximum absolute atomic E-state index is 10.8. The topological polar surface area (TPSA) is 78.6 Å². The molecule has 0 aliphatic carbocycles. The van der Waals surface area contributed by atoms with Gasteiger partial charge in [0.05, 0.1) is 0 Å². The lowest BCUT2D eigenvalue weighted by atomic mass is 10.2. The van der Waals surface area contributed by atoms with Crippen LogP contribution in [0.1, 0.15) is 20.3 Å². The van der Waals surface area contributed by atoms with Crippen LogP contribution in [0.5, 0.6) is 0 Å². The first-order chi connectivity index (χ1) is 5.57. The third-order valence-corrected chi connectivity index (χ3v) is 1.03. The summed E-state index contributed by atoms with van der Waals surface area (Å²) in [5, 5.41) is 0. The van der Waals surface area contributed by atoms with Crippen molar-refractivity contribution in [1.82, 2.24) is 0 Å². The monoisotopic (exact) mass is 173 g/mol. The largest absolute Gasteiger partial charge is 0.447 e. The zero-order chi connectivity index (χ0) is 9.56. The minimum atomic E-state index is -1.15. The summed E-state index contributed by atoms with van der Waals surface area (Å²) in [5.74, 6) is -0.712. The normalized spacial score (nSPS) is 10.7. The van der Waals surface area contributed by atoms with Crippen LogP contribution in [-0.4, -0.2) is 12.1 Å². The van der Waals surface area contributed by atoms with E-state index in [0.717, 1.165) is 0 Å². The summed E-state index contributed by atoms with van der Waals surface area (Å²) in [7, 11) is 0. The van der Waals surface area contributed by atoms with Crippen molar-refractivity contribution in [2.75, 3.05) is 0 Å². The molecule has 0 aliphatic rings. The number of hydrogen-bond donors (Lipinski definition) is 1. The van der Waals surface area contributed by atoms with Gasteiger partial charge in [-0.3, -0.25) is 0 Å². The van der Waals surface area contributed by atoms with E-state index in [4.69, 9.17) is 0 Å². The van der Waals surface area contributed by atoms with Gasteiger partial charge in [0.2, 0.25) is 0 Å². The van der Waals surface area contributed by atoms with E-state index in [1.807, 2.05) is 6.92 Å². The van der Waals surface area contributed by atoms with E-state index in [2.05, 4.69) is 15.5 Å². The predicted molar refractivity (Wildman–Crippen MR) is 40.8 cm³/mol. The Morgan fingerprint density at radius 1 is 1.42 bits per heavy atom. The minimum Gasteiger partial charge on any atom is -0.332 e. The first kappa shape index (κ1) is 10.5. The SMILES string of the molecule is CCC=C(C)C(=O)OOC(N)=O.